The summed E-state index contributed by atoms with van der Waals surface area (Å²) in [7, 11) is 0. The van der Waals surface area contributed by atoms with E-state index < -0.39 is 29.0 Å². The molecule has 0 radical (unpaired) electrons. The molecule has 0 aromatic heterocycles. The van der Waals surface area contributed by atoms with E-state index >= 15 is 0 Å². The lowest BCUT2D eigenvalue weighted by atomic mass is 10.0. The summed E-state index contributed by atoms with van der Waals surface area (Å²) in [5, 5.41) is 5.32. The molecule has 1 saturated heterocycles. The molecule has 2 N–H and O–H groups in total. The molecular weight excluding hydrogens is 498 g/mol. The van der Waals surface area contributed by atoms with Crippen LogP contribution in [-0.4, -0.2) is 35.8 Å². The van der Waals surface area contributed by atoms with Crippen molar-refractivity contribution in [1.82, 2.24) is 10.2 Å². The van der Waals surface area contributed by atoms with Gasteiger partial charge in [0.1, 0.15) is 5.82 Å². The molecule has 2 aromatic rings. The third-order valence-electron chi connectivity index (χ3n) is 4.56. The number of carbonyl (C=O) groups is 2. The second-order valence-electron chi connectivity index (χ2n) is 7.10. The monoisotopic (exact) mass is 517 g/mol. The SMILES string of the molecule is CC(C)C(=O)NC1CN(C(=O)c2ccc(F)c(F)c2Nc2ccc(I)cc2F)C1. The van der Waals surface area contributed by atoms with Gasteiger partial charge in [-0.1, -0.05) is 13.8 Å². The van der Waals surface area contributed by atoms with E-state index in [0.29, 0.717) is 3.57 Å². The highest BCUT2D eigenvalue weighted by molar-refractivity contribution is 14.1. The lowest BCUT2D eigenvalue weighted by Gasteiger charge is -2.40. The molecule has 3 rings (SSSR count). The number of likely N-dealkylation sites (tertiary alicyclic amines) is 1. The minimum Gasteiger partial charge on any atom is -0.350 e. The number of halogens is 4. The third-order valence-corrected chi connectivity index (χ3v) is 5.23. The van der Waals surface area contributed by atoms with E-state index in [1.165, 1.54) is 17.0 Å². The lowest BCUT2D eigenvalue weighted by molar-refractivity contribution is -0.125. The summed E-state index contributed by atoms with van der Waals surface area (Å²) in [6.07, 6.45) is 0. The Balaban J connectivity index is 1.80. The topological polar surface area (TPSA) is 61.4 Å². The van der Waals surface area contributed by atoms with Crippen molar-refractivity contribution in [3.8, 4) is 0 Å². The Hall–Kier alpha value is -2.30. The van der Waals surface area contributed by atoms with Crippen molar-refractivity contribution in [3.63, 3.8) is 0 Å². The average molecular weight is 517 g/mol. The maximum atomic E-state index is 14.5. The lowest BCUT2D eigenvalue weighted by Crippen LogP contribution is -2.61. The zero-order valence-corrected chi connectivity index (χ0v) is 17.9. The standard InChI is InChI=1S/C20H19F3IN3O2/c1-10(2)19(28)25-12-8-27(9-12)20(29)13-4-5-14(21)17(23)18(13)26-16-6-3-11(24)7-15(16)22/h3-7,10,12,26H,8-9H2,1-2H3,(H,25,28). The Kier molecular flexibility index (Phi) is 6.35. The van der Waals surface area contributed by atoms with Gasteiger partial charge >= 0.3 is 0 Å². The molecular formula is C20H19F3IN3O2. The first-order valence-electron chi connectivity index (χ1n) is 8.97. The van der Waals surface area contributed by atoms with Gasteiger partial charge in [0, 0.05) is 22.6 Å². The molecule has 0 saturated carbocycles. The van der Waals surface area contributed by atoms with E-state index in [2.05, 4.69) is 10.6 Å². The van der Waals surface area contributed by atoms with Crippen LogP contribution in [0, 0.1) is 26.9 Å². The van der Waals surface area contributed by atoms with E-state index in [9.17, 15) is 22.8 Å². The molecule has 2 amide bonds. The Morgan fingerprint density at radius 2 is 1.79 bits per heavy atom. The van der Waals surface area contributed by atoms with Crippen LogP contribution in [0.25, 0.3) is 0 Å². The Bertz CT molecular complexity index is 962. The van der Waals surface area contributed by atoms with Crippen molar-refractivity contribution in [2.24, 2.45) is 5.92 Å². The zero-order chi connectivity index (χ0) is 21.3. The summed E-state index contributed by atoms with van der Waals surface area (Å²) in [4.78, 5) is 25.9. The van der Waals surface area contributed by atoms with Crippen LogP contribution >= 0.6 is 22.6 Å². The van der Waals surface area contributed by atoms with Crippen LogP contribution < -0.4 is 10.6 Å². The van der Waals surface area contributed by atoms with E-state index in [0.717, 1.165) is 12.1 Å². The summed E-state index contributed by atoms with van der Waals surface area (Å²) in [6, 6.07) is 6.05. The van der Waals surface area contributed by atoms with Gasteiger partial charge in [-0.2, -0.15) is 0 Å². The zero-order valence-electron chi connectivity index (χ0n) is 15.7. The molecule has 0 atom stereocenters. The molecule has 0 bridgehead atoms. The molecule has 5 nitrogen and oxygen atoms in total. The van der Waals surface area contributed by atoms with Crippen LogP contribution in [0.1, 0.15) is 24.2 Å². The molecule has 29 heavy (non-hydrogen) atoms. The van der Waals surface area contributed by atoms with Crippen molar-refractivity contribution in [3.05, 3.63) is 56.9 Å². The van der Waals surface area contributed by atoms with E-state index in [4.69, 9.17) is 0 Å². The van der Waals surface area contributed by atoms with Crippen LogP contribution in [0.4, 0.5) is 24.5 Å². The Morgan fingerprint density at radius 3 is 2.41 bits per heavy atom. The normalized spacial score (nSPS) is 14.0. The van der Waals surface area contributed by atoms with Gasteiger partial charge in [0.2, 0.25) is 5.91 Å². The molecule has 1 aliphatic heterocycles. The maximum absolute atomic E-state index is 14.5. The predicted molar refractivity (Wildman–Crippen MR) is 111 cm³/mol. The van der Waals surface area contributed by atoms with Crippen LogP contribution in [0.15, 0.2) is 30.3 Å². The number of rotatable bonds is 5. The van der Waals surface area contributed by atoms with Gasteiger partial charge in [-0.25, -0.2) is 13.2 Å². The summed E-state index contributed by atoms with van der Waals surface area (Å²) < 4.78 is 43.0. The summed E-state index contributed by atoms with van der Waals surface area (Å²) in [5.41, 5.74) is -0.616. The number of nitrogens with zero attached hydrogens (tertiary/aromatic N) is 1. The fraction of sp³-hybridized carbons (Fsp3) is 0.300. The molecule has 2 aromatic carbocycles. The molecule has 0 spiro atoms. The van der Waals surface area contributed by atoms with Gasteiger partial charge in [0.05, 0.1) is 23.0 Å². The van der Waals surface area contributed by atoms with Crippen molar-refractivity contribution in [2.45, 2.75) is 19.9 Å². The minimum absolute atomic E-state index is 0.0744. The molecule has 1 fully saturated rings. The van der Waals surface area contributed by atoms with E-state index in [-0.39, 0.29) is 42.2 Å². The van der Waals surface area contributed by atoms with Gasteiger partial charge in [-0.05, 0) is 52.9 Å². The highest BCUT2D eigenvalue weighted by atomic mass is 127. The van der Waals surface area contributed by atoms with Crippen molar-refractivity contribution in [1.29, 1.82) is 0 Å². The van der Waals surface area contributed by atoms with Crippen molar-refractivity contribution < 1.29 is 22.8 Å². The molecule has 1 heterocycles. The van der Waals surface area contributed by atoms with Gasteiger partial charge in [-0.15, -0.1) is 0 Å². The number of carbonyl (C=O) groups excluding carboxylic acids is 2. The fourth-order valence-corrected chi connectivity index (χ4v) is 3.30. The molecule has 9 heteroatoms. The maximum Gasteiger partial charge on any atom is 0.256 e. The van der Waals surface area contributed by atoms with Crippen LogP contribution in [0.2, 0.25) is 0 Å². The summed E-state index contributed by atoms with van der Waals surface area (Å²) in [5.74, 6) is -3.90. The summed E-state index contributed by atoms with van der Waals surface area (Å²) >= 11 is 1.93. The molecule has 1 aliphatic rings. The van der Waals surface area contributed by atoms with Gasteiger partial charge in [0.15, 0.2) is 11.6 Å². The van der Waals surface area contributed by atoms with Crippen LogP contribution in [0.3, 0.4) is 0 Å². The Morgan fingerprint density at radius 1 is 1.10 bits per heavy atom. The minimum atomic E-state index is -1.26. The van der Waals surface area contributed by atoms with Crippen LogP contribution in [0.5, 0.6) is 0 Å². The van der Waals surface area contributed by atoms with Crippen LogP contribution in [-0.2, 0) is 4.79 Å². The quantitative estimate of drug-likeness (QED) is 0.589. The summed E-state index contributed by atoms with van der Waals surface area (Å²) in [6.45, 7) is 4.04. The van der Waals surface area contributed by atoms with Gasteiger partial charge < -0.3 is 15.5 Å². The first kappa shape index (κ1) is 21.4. The van der Waals surface area contributed by atoms with Crippen molar-refractivity contribution >= 4 is 45.8 Å². The fourth-order valence-electron chi connectivity index (χ4n) is 2.85. The second kappa shape index (κ2) is 8.60. The number of anilines is 2. The number of amides is 2. The Labute approximate surface area is 179 Å². The average Bonchev–Trinajstić information content (AvgIpc) is 2.63. The third kappa shape index (κ3) is 4.65. The van der Waals surface area contributed by atoms with Crippen molar-refractivity contribution in [2.75, 3.05) is 18.4 Å². The predicted octanol–water partition coefficient (Wildman–Crippen LogP) is 4.05. The van der Waals surface area contributed by atoms with E-state index in [1.807, 2.05) is 22.6 Å². The number of hydrogen-bond donors (Lipinski definition) is 2. The number of benzene rings is 2. The first-order valence-corrected chi connectivity index (χ1v) is 10.0. The smallest absolute Gasteiger partial charge is 0.256 e. The van der Waals surface area contributed by atoms with Gasteiger partial charge in [-0.3, -0.25) is 9.59 Å². The van der Waals surface area contributed by atoms with Gasteiger partial charge in [0.25, 0.3) is 5.91 Å². The highest BCUT2D eigenvalue weighted by Crippen LogP contribution is 2.30. The first-order chi connectivity index (χ1) is 13.7. The molecule has 0 unspecified atom stereocenters. The highest BCUT2D eigenvalue weighted by Gasteiger charge is 2.34. The largest absolute Gasteiger partial charge is 0.350 e. The number of nitrogens with one attached hydrogen (secondary N) is 2. The second-order valence-corrected chi connectivity index (χ2v) is 8.35. The van der Waals surface area contributed by atoms with E-state index in [1.54, 1.807) is 19.9 Å². The molecule has 0 aliphatic carbocycles. The number of hydrogen-bond acceptors (Lipinski definition) is 3. The molecule has 154 valence electrons.